The van der Waals surface area contributed by atoms with Crippen LogP contribution >= 0.6 is 11.6 Å². The van der Waals surface area contributed by atoms with E-state index in [1.54, 1.807) is 18.3 Å². The summed E-state index contributed by atoms with van der Waals surface area (Å²) in [6.45, 7) is 0. The van der Waals surface area contributed by atoms with E-state index >= 15 is 0 Å². The maximum absolute atomic E-state index is 5.95. The predicted molar refractivity (Wildman–Crippen MR) is 54.6 cm³/mol. The maximum atomic E-state index is 5.95. The van der Waals surface area contributed by atoms with Crippen LogP contribution in [0.1, 0.15) is 0 Å². The molecule has 3 nitrogen and oxygen atoms in total. The van der Waals surface area contributed by atoms with Gasteiger partial charge in [0.15, 0.2) is 0 Å². The number of hydrogen-bond acceptors (Lipinski definition) is 3. The van der Waals surface area contributed by atoms with E-state index in [0.29, 0.717) is 5.02 Å². The van der Waals surface area contributed by atoms with Crippen LogP contribution < -0.4 is 11.3 Å². The Labute approximate surface area is 80.5 Å². The molecule has 0 saturated carbocycles. The van der Waals surface area contributed by atoms with Crippen LogP contribution in [0.3, 0.4) is 0 Å². The average Bonchev–Trinajstić information content (AvgIpc) is 2.18. The molecule has 3 N–H and O–H groups in total. The van der Waals surface area contributed by atoms with Gasteiger partial charge in [0, 0.05) is 11.6 Å². The van der Waals surface area contributed by atoms with Gasteiger partial charge < -0.3 is 5.43 Å². The van der Waals surface area contributed by atoms with Gasteiger partial charge in [0.25, 0.3) is 0 Å². The summed E-state index contributed by atoms with van der Waals surface area (Å²) in [5.41, 5.74) is 4.19. The molecule has 2 rings (SSSR count). The van der Waals surface area contributed by atoms with Gasteiger partial charge in [0.1, 0.15) is 0 Å². The van der Waals surface area contributed by atoms with Crippen molar-refractivity contribution < 1.29 is 0 Å². The monoisotopic (exact) mass is 193 g/mol. The normalized spacial score (nSPS) is 10.3. The van der Waals surface area contributed by atoms with Crippen LogP contribution in [0, 0.1) is 0 Å². The number of aromatic nitrogens is 1. The highest BCUT2D eigenvalue weighted by atomic mass is 35.5. The van der Waals surface area contributed by atoms with Crippen LogP contribution in [0.4, 0.5) is 5.69 Å². The van der Waals surface area contributed by atoms with Crippen LogP contribution in [0.5, 0.6) is 0 Å². The Morgan fingerprint density at radius 3 is 2.92 bits per heavy atom. The van der Waals surface area contributed by atoms with E-state index in [0.717, 1.165) is 16.6 Å². The van der Waals surface area contributed by atoms with Gasteiger partial charge in [0.05, 0.1) is 16.2 Å². The van der Waals surface area contributed by atoms with Crippen molar-refractivity contribution in [2.75, 3.05) is 5.43 Å². The average molecular weight is 194 g/mol. The van der Waals surface area contributed by atoms with Crippen molar-refractivity contribution in [3.05, 3.63) is 35.5 Å². The topological polar surface area (TPSA) is 50.9 Å². The lowest BCUT2D eigenvalue weighted by molar-refractivity contribution is 1.33. The van der Waals surface area contributed by atoms with Crippen LogP contribution in [0.15, 0.2) is 30.5 Å². The van der Waals surface area contributed by atoms with Gasteiger partial charge in [-0.25, -0.2) is 0 Å². The molecule has 0 radical (unpaired) electrons. The number of halogens is 1. The lowest BCUT2D eigenvalue weighted by atomic mass is 10.2. The summed E-state index contributed by atoms with van der Waals surface area (Å²) in [7, 11) is 0. The minimum atomic E-state index is 0.634. The largest absolute Gasteiger partial charge is 0.323 e. The standard InChI is InChI=1S/C9H8ClN3/c10-7-3-1-2-6-8(13-11)4-5-12-9(6)7/h1-5H,11H2,(H,12,13). The van der Waals surface area contributed by atoms with Gasteiger partial charge in [0.2, 0.25) is 0 Å². The van der Waals surface area contributed by atoms with Crippen LogP contribution in [0.25, 0.3) is 10.9 Å². The Kier molecular flexibility index (Phi) is 2.04. The van der Waals surface area contributed by atoms with E-state index in [9.17, 15) is 0 Å². The highest BCUT2D eigenvalue weighted by molar-refractivity contribution is 6.35. The number of benzene rings is 1. The Morgan fingerprint density at radius 2 is 2.15 bits per heavy atom. The van der Waals surface area contributed by atoms with Gasteiger partial charge >= 0.3 is 0 Å². The number of fused-ring (bicyclic) bond motifs is 1. The molecule has 1 heterocycles. The number of rotatable bonds is 1. The number of hydrogen-bond donors (Lipinski definition) is 2. The minimum absolute atomic E-state index is 0.634. The molecule has 1 aromatic heterocycles. The van der Waals surface area contributed by atoms with Crippen LogP contribution in [-0.4, -0.2) is 4.98 Å². The molecule has 4 heteroatoms. The summed E-state index contributed by atoms with van der Waals surface area (Å²) in [6.07, 6.45) is 1.67. The van der Waals surface area contributed by atoms with Crippen LogP contribution in [-0.2, 0) is 0 Å². The van der Waals surface area contributed by atoms with E-state index in [1.165, 1.54) is 0 Å². The zero-order valence-corrected chi connectivity index (χ0v) is 7.55. The molecule has 0 unspecified atom stereocenters. The molecule has 66 valence electrons. The molecule has 0 aliphatic carbocycles. The highest BCUT2D eigenvalue weighted by Gasteiger charge is 2.02. The molecular weight excluding hydrogens is 186 g/mol. The van der Waals surface area contributed by atoms with E-state index in [1.807, 2.05) is 12.1 Å². The SMILES string of the molecule is NNc1ccnc2c(Cl)cccc12. The van der Waals surface area contributed by atoms with E-state index in [4.69, 9.17) is 17.4 Å². The Bertz CT molecular complexity index is 442. The quantitative estimate of drug-likeness (QED) is 0.539. The smallest absolute Gasteiger partial charge is 0.0909 e. The molecule has 0 bridgehead atoms. The summed E-state index contributed by atoms with van der Waals surface area (Å²) in [5.74, 6) is 5.35. The fraction of sp³-hybridized carbons (Fsp3) is 0. The number of anilines is 1. The fourth-order valence-corrected chi connectivity index (χ4v) is 1.49. The summed E-state index contributed by atoms with van der Waals surface area (Å²) in [4.78, 5) is 4.16. The molecular formula is C9H8ClN3. The molecule has 0 aliphatic heterocycles. The van der Waals surface area contributed by atoms with Gasteiger partial charge in [-0.3, -0.25) is 10.8 Å². The molecule has 0 amide bonds. The second-order valence-corrected chi connectivity index (χ2v) is 3.05. The van der Waals surface area contributed by atoms with Gasteiger partial charge in [-0.15, -0.1) is 0 Å². The molecule has 13 heavy (non-hydrogen) atoms. The number of nitrogens with zero attached hydrogens (tertiary/aromatic N) is 1. The molecule has 0 fully saturated rings. The fourth-order valence-electron chi connectivity index (χ4n) is 1.27. The second kappa shape index (κ2) is 3.20. The zero-order valence-electron chi connectivity index (χ0n) is 6.79. The second-order valence-electron chi connectivity index (χ2n) is 2.64. The first kappa shape index (κ1) is 8.29. The molecule has 0 spiro atoms. The van der Waals surface area contributed by atoms with Crippen molar-refractivity contribution in [3.63, 3.8) is 0 Å². The number of nitrogen functional groups attached to an aromatic ring is 1. The van der Waals surface area contributed by atoms with Crippen molar-refractivity contribution in [2.45, 2.75) is 0 Å². The van der Waals surface area contributed by atoms with Gasteiger partial charge in [-0.05, 0) is 12.1 Å². The Morgan fingerprint density at radius 1 is 1.31 bits per heavy atom. The molecule has 1 aromatic carbocycles. The lowest BCUT2D eigenvalue weighted by Crippen LogP contribution is -2.07. The van der Waals surface area contributed by atoms with Crippen molar-refractivity contribution in [2.24, 2.45) is 5.84 Å². The van der Waals surface area contributed by atoms with E-state index in [2.05, 4.69) is 10.4 Å². The summed E-state index contributed by atoms with van der Waals surface area (Å²) in [5, 5.41) is 1.56. The first-order valence-electron chi connectivity index (χ1n) is 3.83. The number of pyridine rings is 1. The molecule has 0 atom stereocenters. The third kappa shape index (κ3) is 1.32. The van der Waals surface area contributed by atoms with Gasteiger partial charge in [-0.2, -0.15) is 0 Å². The first-order valence-corrected chi connectivity index (χ1v) is 4.20. The molecule has 2 aromatic rings. The number of para-hydroxylation sites is 1. The lowest BCUT2D eigenvalue weighted by Gasteiger charge is -2.04. The van der Waals surface area contributed by atoms with Crippen molar-refractivity contribution >= 4 is 28.2 Å². The number of nitrogens with one attached hydrogen (secondary N) is 1. The molecule has 0 aliphatic rings. The Hall–Kier alpha value is -1.32. The summed E-state index contributed by atoms with van der Waals surface area (Å²) < 4.78 is 0. The minimum Gasteiger partial charge on any atom is -0.323 e. The van der Waals surface area contributed by atoms with Crippen molar-refractivity contribution in [1.82, 2.24) is 4.98 Å². The summed E-state index contributed by atoms with van der Waals surface area (Å²) >= 11 is 5.95. The number of hydrazine groups is 1. The maximum Gasteiger partial charge on any atom is 0.0909 e. The molecule has 0 saturated heterocycles. The predicted octanol–water partition coefficient (Wildman–Crippen LogP) is 2.17. The highest BCUT2D eigenvalue weighted by Crippen LogP contribution is 2.25. The Balaban J connectivity index is 2.84. The summed E-state index contributed by atoms with van der Waals surface area (Å²) in [6, 6.07) is 7.40. The zero-order chi connectivity index (χ0) is 9.26. The first-order chi connectivity index (χ1) is 6.33. The van der Waals surface area contributed by atoms with E-state index in [-0.39, 0.29) is 0 Å². The number of nitrogens with two attached hydrogens (primary N) is 1. The van der Waals surface area contributed by atoms with E-state index < -0.39 is 0 Å². The van der Waals surface area contributed by atoms with Crippen molar-refractivity contribution in [3.8, 4) is 0 Å². The van der Waals surface area contributed by atoms with Gasteiger partial charge in [-0.1, -0.05) is 23.7 Å². The third-order valence-corrected chi connectivity index (χ3v) is 2.18. The van der Waals surface area contributed by atoms with Crippen molar-refractivity contribution in [1.29, 1.82) is 0 Å². The third-order valence-electron chi connectivity index (χ3n) is 1.88. The van der Waals surface area contributed by atoms with Crippen LogP contribution in [0.2, 0.25) is 5.02 Å².